The van der Waals surface area contributed by atoms with E-state index in [9.17, 15) is 26.4 Å². The molecule has 29 heavy (non-hydrogen) atoms. The smallest absolute Gasteiger partial charge is 0.402 e. The summed E-state index contributed by atoms with van der Waals surface area (Å²) in [7, 11) is -4.31. The third-order valence-electron chi connectivity index (χ3n) is 3.54. The summed E-state index contributed by atoms with van der Waals surface area (Å²) in [5.41, 5.74) is 0.834. The van der Waals surface area contributed by atoms with E-state index in [1.165, 1.54) is 34.5 Å². The number of hydrogen-bond donors (Lipinski definition) is 2. The van der Waals surface area contributed by atoms with E-state index < -0.39 is 22.7 Å². The van der Waals surface area contributed by atoms with Gasteiger partial charge in [-0.2, -0.15) is 13.2 Å². The Kier molecular flexibility index (Phi) is 6.05. The van der Waals surface area contributed by atoms with E-state index in [1.54, 1.807) is 17.5 Å². The first kappa shape index (κ1) is 21.0. The number of rotatable bonds is 7. The maximum absolute atomic E-state index is 12.2. The minimum atomic E-state index is -4.66. The van der Waals surface area contributed by atoms with Gasteiger partial charge in [-0.15, -0.1) is 11.3 Å². The highest BCUT2D eigenvalue weighted by molar-refractivity contribution is 7.89. The van der Waals surface area contributed by atoms with Crippen LogP contribution in [0.1, 0.15) is 5.69 Å². The lowest BCUT2D eigenvalue weighted by atomic mass is 10.3. The van der Waals surface area contributed by atoms with Crippen LogP contribution in [0.2, 0.25) is 0 Å². The molecule has 3 aromatic rings. The predicted octanol–water partition coefficient (Wildman–Crippen LogP) is 3.42. The molecule has 0 fully saturated rings. The lowest BCUT2D eigenvalue weighted by molar-refractivity contribution is -0.121. The van der Waals surface area contributed by atoms with Gasteiger partial charge in [0.1, 0.15) is 6.54 Å². The van der Waals surface area contributed by atoms with Crippen LogP contribution in [0, 0.1) is 0 Å². The van der Waals surface area contributed by atoms with Crippen LogP contribution >= 0.6 is 11.3 Å². The summed E-state index contributed by atoms with van der Waals surface area (Å²) in [6.45, 7) is -1.67. The van der Waals surface area contributed by atoms with Gasteiger partial charge in [0.25, 0.3) is 0 Å². The summed E-state index contributed by atoms with van der Waals surface area (Å²) in [4.78, 5) is 16.1. The van der Waals surface area contributed by atoms with Crippen LogP contribution in [0.3, 0.4) is 0 Å². The molecule has 0 spiro atoms. The number of benzene rings is 1. The Hall–Kier alpha value is -2.70. The maximum Gasteiger partial charge on any atom is 0.402 e. The first-order valence-corrected chi connectivity index (χ1v) is 10.4. The minimum Gasteiger partial charge on any atom is -0.462 e. The first-order chi connectivity index (χ1) is 13.6. The second kappa shape index (κ2) is 8.35. The molecule has 0 unspecified atom stereocenters. The number of sulfonamides is 1. The van der Waals surface area contributed by atoms with Gasteiger partial charge in [-0.3, -0.25) is 4.79 Å². The molecule has 0 aliphatic rings. The molecule has 1 amide bonds. The molecule has 2 heterocycles. The molecule has 3 rings (SSSR count). The predicted molar refractivity (Wildman–Crippen MR) is 99.8 cm³/mol. The lowest BCUT2D eigenvalue weighted by Gasteiger charge is -2.10. The van der Waals surface area contributed by atoms with E-state index in [0.717, 1.165) is 12.1 Å². The van der Waals surface area contributed by atoms with Gasteiger partial charge in [0, 0.05) is 11.1 Å². The Morgan fingerprint density at radius 1 is 1.17 bits per heavy atom. The average molecular weight is 445 g/mol. The topological polar surface area (TPSA) is 101 Å². The van der Waals surface area contributed by atoms with E-state index in [2.05, 4.69) is 10.3 Å². The first-order valence-electron chi connectivity index (χ1n) is 8.07. The number of thiazole rings is 1. The van der Waals surface area contributed by atoms with E-state index in [-0.39, 0.29) is 17.2 Å². The summed E-state index contributed by atoms with van der Waals surface area (Å²) in [6, 6.07) is 8.26. The van der Waals surface area contributed by atoms with Crippen molar-refractivity contribution in [1.82, 2.24) is 9.71 Å². The molecule has 154 valence electrons. The third-order valence-corrected chi connectivity index (χ3v) is 5.86. The fourth-order valence-corrected chi connectivity index (χ4v) is 4.05. The van der Waals surface area contributed by atoms with E-state index >= 15 is 0 Å². The number of anilines is 1. The third kappa shape index (κ3) is 5.89. The standard InChI is InChI=1S/C17H14F3N3O4S2/c18-17(19,20)10-21-29(25,26)13-5-3-11(4-6-13)22-15(24)8-12-9-28-16(23-12)14-2-1-7-27-14/h1-7,9,21H,8,10H2,(H,22,24). The molecule has 0 aliphatic carbocycles. The van der Waals surface area contributed by atoms with Crippen LogP contribution in [-0.4, -0.2) is 32.0 Å². The van der Waals surface area contributed by atoms with Crippen LogP contribution in [0.4, 0.5) is 18.9 Å². The normalized spacial score (nSPS) is 12.1. The second-order valence-electron chi connectivity index (χ2n) is 5.81. The zero-order chi connectivity index (χ0) is 21.1. The Morgan fingerprint density at radius 3 is 2.52 bits per heavy atom. The molecule has 0 saturated heterocycles. The second-order valence-corrected chi connectivity index (χ2v) is 8.44. The Bertz CT molecular complexity index is 1080. The summed E-state index contributed by atoms with van der Waals surface area (Å²) in [5.74, 6) is 0.213. The number of nitrogens with one attached hydrogen (secondary N) is 2. The maximum atomic E-state index is 12.2. The molecule has 0 saturated carbocycles. The number of carbonyl (C=O) groups excluding carboxylic acids is 1. The van der Waals surface area contributed by atoms with E-state index in [1.807, 2.05) is 0 Å². The van der Waals surface area contributed by atoms with Crippen molar-refractivity contribution in [2.24, 2.45) is 0 Å². The van der Waals surface area contributed by atoms with Crippen molar-refractivity contribution >= 4 is 33.0 Å². The van der Waals surface area contributed by atoms with E-state index in [4.69, 9.17) is 4.42 Å². The van der Waals surface area contributed by atoms with Crippen molar-refractivity contribution in [2.45, 2.75) is 17.5 Å². The van der Waals surface area contributed by atoms with Gasteiger partial charge in [-0.25, -0.2) is 18.1 Å². The Balaban J connectivity index is 1.59. The van der Waals surface area contributed by atoms with Crippen LogP contribution in [-0.2, 0) is 21.2 Å². The molecule has 12 heteroatoms. The van der Waals surface area contributed by atoms with Crippen molar-refractivity contribution in [3.63, 3.8) is 0 Å². The largest absolute Gasteiger partial charge is 0.462 e. The van der Waals surface area contributed by atoms with Gasteiger partial charge in [-0.1, -0.05) is 0 Å². The van der Waals surface area contributed by atoms with Crippen molar-refractivity contribution in [1.29, 1.82) is 0 Å². The SMILES string of the molecule is O=C(Cc1csc(-c2ccco2)n1)Nc1ccc(S(=O)(=O)NCC(F)(F)F)cc1. The molecular formula is C17H14F3N3O4S2. The fraction of sp³-hybridized carbons (Fsp3) is 0.176. The van der Waals surface area contributed by atoms with Crippen LogP contribution in [0.25, 0.3) is 10.8 Å². The Labute approximate surface area is 167 Å². The number of halogens is 3. The molecular weight excluding hydrogens is 431 g/mol. The summed E-state index contributed by atoms with van der Waals surface area (Å²) in [6.07, 6.45) is -3.15. The van der Waals surface area contributed by atoms with Crippen molar-refractivity contribution in [3.8, 4) is 10.8 Å². The highest BCUT2D eigenvalue weighted by Crippen LogP contribution is 2.24. The molecule has 2 N–H and O–H groups in total. The van der Waals surface area contributed by atoms with Crippen LogP contribution < -0.4 is 10.0 Å². The van der Waals surface area contributed by atoms with Crippen molar-refractivity contribution in [2.75, 3.05) is 11.9 Å². The number of hydrogen-bond acceptors (Lipinski definition) is 6. The number of amides is 1. The monoisotopic (exact) mass is 445 g/mol. The van der Waals surface area contributed by atoms with Gasteiger partial charge in [0.05, 0.1) is 23.3 Å². The van der Waals surface area contributed by atoms with Gasteiger partial charge in [0.2, 0.25) is 15.9 Å². The quantitative estimate of drug-likeness (QED) is 0.580. The number of nitrogens with zero attached hydrogens (tertiary/aromatic N) is 1. The van der Waals surface area contributed by atoms with Crippen LogP contribution in [0.5, 0.6) is 0 Å². The van der Waals surface area contributed by atoms with E-state index in [0.29, 0.717) is 22.1 Å². The molecule has 0 atom stereocenters. The van der Waals surface area contributed by atoms with Crippen LogP contribution in [0.15, 0.2) is 57.4 Å². The highest BCUT2D eigenvalue weighted by Gasteiger charge is 2.30. The molecule has 0 aliphatic heterocycles. The molecule has 2 aromatic heterocycles. The Morgan fingerprint density at radius 2 is 1.90 bits per heavy atom. The molecule has 1 aromatic carbocycles. The summed E-state index contributed by atoms with van der Waals surface area (Å²) < 4.78 is 66.9. The zero-order valence-corrected chi connectivity index (χ0v) is 16.2. The fourth-order valence-electron chi connectivity index (χ4n) is 2.25. The lowest BCUT2D eigenvalue weighted by Crippen LogP contribution is -2.33. The molecule has 7 nitrogen and oxygen atoms in total. The minimum absolute atomic E-state index is 0.00953. The van der Waals surface area contributed by atoms with Gasteiger partial charge < -0.3 is 9.73 Å². The molecule has 0 radical (unpaired) electrons. The van der Waals surface area contributed by atoms with Crippen molar-refractivity contribution < 1.29 is 30.8 Å². The summed E-state index contributed by atoms with van der Waals surface area (Å²) in [5, 5.41) is 4.94. The number of aromatic nitrogens is 1. The molecule has 0 bridgehead atoms. The van der Waals surface area contributed by atoms with Gasteiger partial charge in [0.15, 0.2) is 10.8 Å². The number of alkyl halides is 3. The number of carbonyl (C=O) groups is 1. The van der Waals surface area contributed by atoms with Crippen molar-refractivity contribution in [3.05, 3.63) is 53.7 Å². The summed E-state index contributed by atoms with van der Waals surface area (Å²) >= 11 is 1.33. The van der Waals surface area contributed by atoms with Gasteiger partial charge in [-0.05, 0) is 36.4 Å². The average Bonchev–Trinajstić information content (AvgIpc) is 3.31. The highest BCUT2D eigenvalue weighted by atomic mass is 32.2. The van der Waals surface area contributed by atoms with Gasteiger partial charge >= 0.3 is 6.18 Å². The number of furan rings is 1. The zero-order valence-electron chi connectivity index (χ0n) is 14.6.